The second kappa shape index (κ2) is 9.30. The van der Waals surface area contributed by atoms with Crippen LogP contribution in [0.1, 0.15) is 29.6 Å². The molecule has 0 aliphatic rings. The van der Waals surface area contributed by atoms with E-state index in [0.717, 1.165) is 11.1 Å². The molecule has 9 heteroatoms. The van der Waals surface area contributed by atoms with E-state index in [1.54, 1.807) is 18.2 Å². The van der Waals surface area contributed by atoms with Gasteiger partial charge in [-0.25, -0.2) is 9.59 Å². The van der Waals surface area contributed by atoms with E-state index in [2.05, 4.69) is 19.6 Å². The monoisotopic (exact) mass is 475 g/mol. The zero-order valence-electron chi connectivity index (χ0n) is 23.4. The fourth-order valence-electron chi connectivity index (χ4n) is 3.97. The minimum Gasteiger partial charge on any atom is -0.465 e. The molecule has 0 fully saturated rings. The molecule has 0 aliphatic carbocycles. The van der Waals surface area contributed by atoms with Crippen LogP contribution in [0, 0.1) is 0 Å². The molecule has 5 aromatic rings. The van der Waals surface area contributed by atoms with Gasteiger partial charge in [-0.15, -0.1) is 0 Å². The van der Waals surface area contributed by atoms with Crippen molar-refractivity contribution < 1.29 is 25.6 Å². The molecule has 0 unspecified atom stereocenters. The van der Waals surface area contributed by atoms with E-state index in [1.807, 2.05) is 42.5 Å². The molecule has 0 bridgehead atoms. The Bertz CT molecular complexity index is 1760. The summed E-state index contributed by atoms with van der Waals surface area (Å²) < 4.78 is 54.8. The first-order valence-corrected chi connectivity index (χ1v) is 10.5. The van der Waals surface area contributed by atoms with Crippen LogP contribution in [-0.4, -0.2) is 39.3 Å². The highest BCUT2D eigenvalue weighted by Gasteiger charge is 2.20. The lowest BCUT2D eigenvalue weighted by molar-refractivity contribution is 0.0602. The summed E-state index contributed by atoms with van der Waals surface area (Å²) in [6.07, 6.45) is 0. The number of rotatable bonds is 7. The lowest BCUT2D eigenvalue weighted by Gasteiger charge is -2.12. The van der Waals surface area contributed by atoms with E-state index in [9.17, 15) is 9.59 Å². The Labute approximate surface area is 207 Å². The van der Waals surface area contributed by atoms with Crippen LogP contribution in [0.3, 0.4) is 0 Å². The first-order valence-electron chi connectivity index (χ1n) is 13.0. The first kappa shape index (κ1) is 16.9. The molecule has 0 radical (unpaired) electrons. The Balaban J connectivity index is 1.56. The number of methoxy groups -OCH3 is 1. The minimum atomic E-state index is -3.09. The molecule has 2 aromatic heterocycles. The Morgan fingerprint density at radius 1 is 1.11 bits per heavy atom. The predicted molar refractivity (Wildman–Crippen MR) is 129 cm³/mol. The van der Waals surface area contributed by atoms with E-state index in [1.165, 1.54) is 17.7 Å². The third-order valence-corrected chi connectivity index (χ3v) is 5.51. The van der Waals surface area contributed by atoms with Crippen LogP contribution >= 0.6 is 0 Å². The van der Waals surface area contributed by atoms with Crippen molar-refractivity contribution in [1.29, 1.82) is 0 Å². The van der Waals surface area contributed by atoms with Crippen LogP contribution in [0.4, 0.5) is 0 Å². The molecule has 0 spiro atoms. The van der Waals surface area contributed by atoms with Crippen LogP contribution in [0.25, 0.3) is 33.5 Å². The van der Waals surface area contributed by atoms with Crippen molar-refractivity contribution in [3.05, 3.63) is 88.4 Å². The number of carbonyl (C=O) groups is 1. The number of benzene rings is 3. The normalized spacial score (nSPS) is 13.9. The Morgan fingerprint density at radius 2 is 1.91 bits per heavy atom. The molecule has 2 heterocycles. The van der Waals surface area contributed by atoms with Gasteiger partial charge < -0.3 is 9.47 Å². The van der Waals surface area contributed by atoms with E-state index in [-0.39, 0.29) is 23.9 Å². The second-order valence-electron chi connectivity index (χ2n) is 7.54. The number of para-hydroxylation sites is 1. The molecule has 0 saturated heterocycles. The molecule has 0 aliphatic heterocycles. The van der Waals surface area contributed by atoms with Gasteiger partial charge in [-0.05, 0) is 35.7 Å². The Hall–Kier alpha value is -4.66. The van der Waals surface area contributed by atoms with Gasteiger partial charge >= 0.3 is 11.7 Å². The van der Waals surface area contributed by atoms with Gasteiger partial charge in [-0.2, -0.15) is 4.98 Å². The van der Waals surface area contributed by atoms with Crippen molar-refractivity contribution in [3.8, 4) is 28.5 Å². The molecule has 3 aromatic carbocycles. The minimum absolute atomic E-state index is 0.0649. The zero-order valence-corrected chi connectivity index (χ0v) is 18.4. The maximum absolute atomic E-state index is 12.5. The number of imidazole rings is 1. The van der Waals surface area contributed by atoms with Gasteiger partial charge in [0.25, 0.3) is 6.01 Å². The summed E-state index contributed by atoms with van der Waals surface area (Å²) in [4.78, 5) is 30.8. The van der Waals surface area contributed by atoms with Crippen molar-refractivity contribution in [3.63, 3.8) is 0 Å². The van der Waals surface area contributed by atoms with Crippen molar-refractivity contribution >= 4 is 17.0 Å². The average molecular weight is 476 g/mol. The van der Waals surface area contributed by atoms with Crippen LogP contribution in [0.2, 0.25) is 0 Å². The Kier molecular flexibility index (Phi) is 4.48. The molecule has 1 N–H and O–H groups in total. The molecule has 0 atom stereocenters. The van der Waals surface area contributed by atoms with Crippen molar-refractivity contribution in [1.82, 2.24) is 19.7 Å². The van der Waals surface area contributed by atoms with E-state index in [4.69, 9.17) is 16.3 Å². The molecule has 9 nitrogen and oxygen atoms in total. The van der Waals surface area contributed by atoms with Crippen LogP contribution in [0.5, 0.6) is 6.01 Å². The number of esters is 1. The first-order chi connectivity index (χ1) is 19.0. The maximum atomic E-state index is 12.5. The molecule has 35 heavy (non-hydrogen) atoms. The summed E-state index contributed by atoms with van der Waals surface area (Å²) in [5.74, 6) is -1.02. The zero-order chi connectivity index (χ0) is 28.7. The number of H-pyrrole nitrogens is 1. The second-order valence-corrected chi connectivity index (χ2v) is 7.54. The highest BCUT2D eigenvalue weighted by Crippen LogP contribution is 2.31. The van der Waals surface area contributed by atoms with Gasteiger partial charge in [0, 0.05) is 9.68 Å². The lowest BCUT2D eigenvalue weighted by atomic mass is 9.98. The summed E-state index contributed by atoms with van der Waals surface area (Å²) in [5, 5.41) is 3.78. The number of aromatic amines is 1. The van der Waals surface area contributed by atoms with Gasteiger partial charge in [-0.1, -0.05) is 59.8 Å². The molecule has 0 saturated carbocycles. The highest BCUT2D eigenvalue weighted by molar-refractivity contribution is 6.02. The number of nitrogens with zero attached hydrogens (tertiary/aromatic N) is 3. The summed E-state index contributed by atoms with van der Waals surface area (Å²) in [7, 11) is 1.23. The molecular weight excluding hydrogens is 448 g/mol. The fraction of sp³-hybridized carbons (Fsp3) is 0.154. The van der Waals surface area contributed by atoms with Gasteiger partial charge in [0.1, 0.15) is 0 Å². The quantitative estimate of drug-likeness (QED) is 0.350. The fourth-order valence-corrected chi connectivity index (χ4v) is 3.97. The van der Waals surface area contributed by atoms with E-state index < -0.39 is 25.1 Å². The van der Waals surface area contributed by atoms with Gasteiger partial charge in [0.2, 0.25) is 0 Å². The van der Waals surface area contributed by atoms with Crippen LogP contribution < -0.4 is 10.5 Å². The number of nitrogens with one attached hydrogen (secondary N) is 1. The highest BCUT2D eigenvalue weighted by atomic mass is 16.5. The van der Waals surface area contributed by atoms with Gasteiger partial charge in [0.15, 0.2) is 5.82 Å². The lowest BCUT2D eigenvalue weighted by Crippen LogP contribution is -2.09. The van der Waals surface area contributed by atoms with Gasteiger partial charge in [-0.3, -0.25) is 14.1 Å². The number of aromatic nitrogens is 4. The van der Waals surface area contributed by atoms with Gasteiger partial charge in [0.05, 0.1) is 39.6 Å². The predicted octanol–water partition coefficient (Wildman–Crippen LogP) is 4.28. The smallest absolute Gasteiger partial charge is 0.439 e. The third-order valence-electron chi connectivity index (χ3n) is 5.51. The number of fused-ring (bicyclic) bond motifs is 1. The Morgan fingerprint density at radius 3 is 2.63 bits per heavy atom. The average Bonchev–Trinajstić information content (AvgIpc) is 3.51. The van der Waals surface area contributed by atoms with Crippen molar-refractivity contribution in [2.45, 2.75) is 13.4 Å². The third kappa shape index (κ3) is 4.19. The maximum Gasteiger partial charge on any atom is 0.439 e. The number of ether oxygens (including phenoxy) is 2. The standard InChI is InChI=1S/C26H22N4O5/c1-3-34-25-27-21-10-6-9-20(24(31)33-2)22(21)30(25)15-16-11-13-17(14-12-16)18-7-4-5-8-19(18)23-28-26(32)35-29-23/h4-14H,3,15H2,1-2H3,(H,28,29,32)/i1D3,3D2. The summed E-state index contributed by atoms with van der Waals surface area (Å²) in [6.45, 7) is -6.08. The van der Waals surface area contributed by atoms with E-state index >= 15 is 0 Å². The summed E-state index contributed by atoms with van der Waals surface area (Å²) in [5.41, 5.74) is 3.73. The molecule has 5 rings (SSSR count). The SMILES string of the molecule is [2H]C([2H])([2H])C([2H])([2H])Oc1nc2cccc(C(=O)OC)c2n1Cc1ccc(-c2ccccc2-c2noc(=O)[nH]2)cc1. The van der Waals surface area contributed by atoms with Crippen LogP contribution in [0.15, 0.2) is 76.0 Å². The molecular formula is C26H22N4O5. The van der Waals surface area contributed by atoms with Crippen LogP contribution in [-0.2, 0) is 11.3 Å². The molecule has 0 amide bonds. The number of hydrogen-bond acceptors (Lipinski definition) is 7. The summed E-state index contributed by atoms with van der Waals surface area (Å²) >= 11 is 0. The molecule has 176 valence electrons. The van der Waals surface area contributed by atoms with Crippen molar-refractivity contribution in [2.24, 2.45) is 0 Å². The summed E-state index contributed by atoms with van der Waals surface area (Å²) in [6, 6.07) is 19.0. The van der Waals surface area contributed by atoms with E-state index in [0.29, 0.717) is 22.2 Å². The topological polar surface area (TPSA) is 112 Å². The number of hydrogen-bond donors (Lipinski definition) is 1. The largest absolute Gasteiger partial charge is 0.465 e. The van der Waals surface area contributed by atoms with Crippen molar-refractivity contribution in [2.75, 3.05) is 13.7 Å². The number of carbonyl (C=O) groups excluding carboxylic acids is 1.